The van der Waals surface area contributed by atoms with E-state index in [0.717, 1.165) is 48.7 Å². The lowest BCUT2D eigenvalue weighted by molar-refractivity contribution is 0.589. The van der Waals surface area contributed by atoms with Gasteiger partial charge in [0.25, 0.3) is 0 Å². The molecule has 27 heavy (non-hydrogen) atoms. The maximum Gasteiger partial charge on any atom is 0.191 e. The molecule has 0 aliphatic carbocycles. The van der Waals surface area contributed by atoms with Crippen LogP contribution >= 0.6 is 35.3 Å². The second kappa shape index (κ2) is 8.66. The average molecular weight is 443 g/mol. The summed E-state index contributed by atoms with van der Waals surface area (Å²) in [4.78, 5) is 2.22. The number of thiophene rings is 1. The Morgan fingerprint density at radius 1 is 1.11 bits per heavy atom. The second-order valence-corrected chi connectivity index (χ2v) is 9.84. The van der Waals surface area contributed by atoms with Crippen molar-refractivity contribution < 1.29 is 8.42 Å². The van der Waals surface area contributed by atoms with E-state index in [1.165, 1.54) is 22.9 Å². The Kier molecular flexibility index (Phi) is 6.48. The molecule has 0 bridgehead atoms. The Balaban J connectivity index is 0.00000210. The second-order valence-electron chi connectivity index (χ2n) is 6.11. The molecule has 4 rings (SSSR count). The summed E-state index contributed by atoms with van der Waals surface area (Å²) in [5.41, 5.74) is 3.52. The number of rotatable bonds is 5. The Morgan fingerprint density at radius 2 is 1.85 bits per heavy atom. The molecule has 1 fully saturated rings. The summed E-state index contributed by atoms with van der Waals surface area (Å²) < 4.78 is 29.8. The molecule has 0 radical (unpaired) electrons. The minimum atomic E-state index is -3.35. The number of nitrogens with zero attached hydrogens (tertiary/aromatic N) is 3. The van der Waals surface area contributed by atoms with Gasteiger partial charge in [-0.25, -0.2) is 8.42 Å². The Morgan fingerprint density at radius 3 is 2.52 bits per heavy atom. The summed E-state index contributed by atoms with van der Waals surface area (Å²) in [5.74, 6) is 0.00407. The summed E-state index contributed by atoms with van der Waals surface area (Å²) in [6.45, 7) is 3.67. The van der Waals surface area contributed by atoms with E-state index < -0.39 is 9.84 Å². The predicted octanol–water partition coefficient (Wildman–Crippen LogP) is 3.07. The number of hydrogen-bond donors (Lipinski definition) is 1. The van der Waals surface area contributed by atoms with Gasteiger partial charge in [-0.15, -0.1) is 28.8 Å². The summed E-state index contributed by atoms with van der Waals surface area (Å²) >= 11 is 2.60. The van der Waals surface area contributed by atoms with Crippen LogP contribution in [-0.4, -0.2) is 44.2 Å². The van der Waals surface area contributed by atoms with Crippen LogP contribution in [0.25, 0.3) is 11.3 Å². The highest BCUT2D eigenvalue weighted by Crippen LogP contribution is 2.30. The SMILES string of the molecule is Cl.O=S(=O)(Cc1ccc(-c2csnn2)cc1)c1cc(N2CCNCC2)cs1. The monoisotopic (exact) mass is 442 g/mol. The third kappa shape index (κ3) is 4.67. The molecule has 144 valence electrons. The fraction of sp³-hybridized carbons (Fsp3) is 0.294. The summed E-state index contributed by atoms with van der Waals surface area (Å²) in [5, 5.41) is 11.1. The molecular weight excluding hydrogens is 424 g/mol. The molecule has 2 aromatic heterocycles. The average Bonchev–Trinajstić information content (AvgIpc) is 3.35. The van der Waals surface area contributed by atoms with E-state index in [9.17, 15) is 8.42 Å². The van der Waals surface area contributed by atoms with Crippen molar-refractivity contribution in [2.24, 2.45) is 0 Å². The van der Waals surface area contributed by atoms with Crippen molar-refractivity contribution in [3.63, 3.8) is 0 Å². The number of sulfone groups is 1. The van der Waals surface area contributed by atoms with Gasteiger partial charge >= 0.3 is 0 Å². The molecule has 1 N–H and O–H groups in total. The van der Waals surface area contributed by atoms with Gasteiger partial charge < -0.3 is 10.2 Å². The van der Waals surface area contributed by atoms with E-state index in [1.807, 2.05) is 35.0 Å². The van der Waals surface area contributed by atoms with Crippen LogP contribution < -0.4 is 10.2 Å². The van der Waals surface area contributed by atoms with Gasteiger partial charge in [0.05, 0.1) is 5.75 Å². The third-order valence-electron chi connectivity index (χ3n) is 4.32. The van der Waals surface area contributed by atoms with E-state index in [0.29, 0.717) is 4.21 Å². The normalized spacial score (nSPS) is 14.7. The van der Waals surface area contributed by atoms with Crippen molar-refractivity contribution in [3.8, 4) is 11.3 Å². The molecule has 0 saturated carbocycles. The Labute approximate surface area is 172 Å². The van der Waals surface area contributed by atoms with Crippen LogP contribution in [0.15, 0.2) is 45.3 Å². The maximum absolute atomic E-state index is 12.8. The molecule has 1 aliphatic heterocycles. The lowest BCUT2D eigenvalue weighted by Crippen LogP contribution is -2.43. The summed E-state index contributed by atoms with van der Waals surface area (Å²) in [6.07, 6.45) is 0. The maximum atomic E-state index is 12.8. The van der Waals surface area contributed by atoms with Crippen molar-refractivity contribution >= 4 is 50.8 Å². The molecule has 1 saturated heterocycles. The first-order chi connectivity index (χ1) is 12.6. The number of piperazine rings is 1. The molecule has 1 aromatic carbocycles. The van der Waals surface area contributed by atoms with E-state index >= 15 is 0 Å². The fourth-order valence-electron chi connectivity index (χ4n) is 2.91. The van der Waals surface area contributed by atoms with Crippen molar-refractivity contribution in [2.45, 2.75) is 9.96 Å². The Bertz CT molecular complexity index is 966. The molecule has 0 spiro atoms. The van der Waals surface area contributed by atoms with Gasteiger partial charge in [0, 0.05) is 48.2 Å². The number of nitrogens with one attached hydrogen (secondary N) is 1. The Hall–Kier alpha value is -1.52. The largest absolute Gasteiger partial charge is 0.368 e. The first-order valence-corrected chi connectivity index (χ1v) is 11.6. The zero-order valence-electron chi connectivity index (χ0n) is 14.4. The molecule has 3 aromatic rings. The van der Waals surface area contributed by atoms with Crippen LogP contribution in [0.2, 0.25) is 0 Å². The van der Waals surface area contributed by atoms with Crippen molar-refractivity contribution in [2.75, 3.05) is 31.1 Å². The van der Waals surface area contributed by atoms with Crippen LogP contribution in [0.4, 0.5) is 5.69 Å². The molecule has 3 heterocycles. The summed E-state index contributed by atoms with van der Waals surface area (Å²) in [7, 11) is -3.35. The zero-order valence-corrected chi connectivity index (χ0v) is 17.6. The van der Waals surface area contributed by atoms with Crippen LogP contribution in [0, 0.1) is 0 Å². The zero-order chi connectivity index (χ0) is 18.0. The quantitative estimate of drug-likeness (QED) is 0.654. The van der Waals surface area contributed by atoms with Gasteiger partial charge in [-0.2, -0.15) is 0 Å². The lowest BCUT2D eigenvalue weighted by Gasteiger charge is -2.28. The summed E-state index contributed by atoms with van der Waals surface area (Å²) in [6, 6.07) is 9.28. The van der Waals surface area contributed by atoms with Crippen LogP contribution in [-0.2, 0) is 15.6 Å². The van der Waals surface area contributed by atoms with Crippen LogP contribution in [0.3, 0.4) is 0 Å². The highest BCUT2D eigenvalue weighted by Gasteiger charge is 2.20. The van der Waals surface area contributed by atoms with Crippen molar-refractivity contribution in [1.82, 2.24) is 14.9 Å². The van der Waals surface area contributed by atoms with E-state index in [2.05, 4.69) is 19.8 Å². The minimum absolute atomic E-state index is 0. The number of benzene rings is 1. The minimum Gasteiger partial charge on any atom is -0.368 e. The number of hydrogen-bond acceptors (Lipinski definition) is 8. The topological polar surface area (TPSA) is 75.2 Å². The molecule has 0 unspecified atom stereocenters. The third-order valence-corrected chi connectivity index (χ3v) is 8.03. The molecular formula is C17H19ClN4O2S3. The molecule has 0 atom stereocenters. The van der Waals surface area contributed by atoms with E-state index in [-0.39, 0.29) is 18.2 Å². The van der Waals surface area contributed by atoms with Gasteiger partial charge in [0.1, 0.15) is 9.90 Å². The highest BCUT2D eigenvalue weighted by molar-refractivity contribution is 7.92. The van der Waals surface area contributed by atoms with Crippen LogP contribution in [0.1, 0.15) is 5.56 Å². The van der Waals surface area contributed by atoms with Gasteiger partial charge in [0.15, 0.2) is 9.84 Å². The van der Waals surface area contributed by atoms with Gasteiger partial charge in [-0.1, -0.05) is 28.8 Å². The number of aromatic nitrogens is 2. The van der Waals surface area contributed by atoms with Crippen molar-refractivity contribution in [1.29, 1.82) is 0 Å². The number of anilines is 1. The van der Waals surface area contributed by atoms with E-state index in [4.69, 9.17) is 0 Å². The van der Waals surface area contributed by atoms with Gasteiger partial charge in [-0.05, 0) is 23.2 Å². The molecule has 10 heteroatoms. The fourth-order valence-corrected chi connectivity index (χ4v) is 6.00. The number of halogens is 1. The van der Waals surface area contributed by atoms with Gasteiger partial charge in [0.2, 0.25) is 0 Å². The van der Waals surface area contributed by atoms with Gasteiger partial charge in [-0.3, -0.25) is 0 Å². The first kappa shape index (κ1) is 20.2. The molecule has 0 amide bonds. The smallest absolute Gasteiger partial charge is 0.191 e. The molecule has 1 aliphatic rings. The standard InChI is InChI=1S/C17H18N4O2S3.ClH/c22-26(23,17-9-15(10-24-17)21-7-5-18-6-8-21)12-13-1-3-14(4-2-13)16-11-25-20-19-16;/h1-4,9-11,18H,5-8,12H2;1H. The van der Waals surface area contributed by atoms with Crippen molar-refractivity contribution in [3.05, 3.63) is 46.7 Å². The van der Waals surface area contributed by atoms with E-state index in [1.54, 1.807) is 6.07 Å². The molecule has 6 nitrogen and oxygen atoms in total. The predicted molar refractivity (Wildman–Crippen MR) is 113 cm³/mol. The first-order valence-electron chi connectivity index (χ1n) is 8.25. The highest BCUT2D eigenvalue weighted by atomic mass is 35.5. The van der Waals surface area contributed by atoms with Crippen LogP contribution in [0.5, 0.6) is 0 Å². The lowest BCUT2D eigenvalue weighted by atomic mass is 10.1.